The highest BCUT2D eigenvalue weighted by molar-refractivity contribution is 7.16. The second-order valence-electron chi connectivity index (χ2n) is 4.44. The summed E-state index contributed by atoms with van der Waals surface area (Å²) in [6, 6.07) is 9.19. The van der Waals surface area contributed by atoms with E-state index < -0.39 is 5.97 Å². The number of anilines is 1. The predicted octanol–water partition coefficient (Wildman–Crippen LogP) is 4.79. The molecule has 21 heavy (non-hydrogen) atoms. The van der Waals surface area contributed by atoms with E-state index in [1.165, 1.54) is 11.3 Å². The summed E-state index contributed by atoms with van der Waals surface area (Å²) in [5.74, 6) is -0.983. The maximum atomic E-state index is 10.7. The van der Waals surface area contributed by atoms with E-state index in [4.69, 9.17) is 28.3 Å². The Kier molecular flexibility index (Phi) is 5.28. The number of benzene rings is 1. The van der Waals surface area contributed by atoms with Gasteiger partial charge in [-0.1, -0.05) is 29.3 Å². The molecule has 0 saturated heterocycles. The van der Waals surface area contributed by atoms with Crippen LogP contribution in [0.15, 0.2) is 36.4 Å². The molecular weight excluding hydrogens is 329 g/mol. The number of carboxylic acid groups (broad SMARTS) is 1. The van der Waals surface area contributed by atoms with E-state index in [1.54, 1.807) is 18.2 Å². The van der Waals surface area contributed by atoms with Crippen molar-refractivity contribution in [2.24, 2.45) is 0 Å². The second kappa shape index (κ2) is 6.98. The van der Waals surface area contributed by atoms with E-state index >= 15 is 0 Å². The van der Waals surface area contributed by atoms with Crippen LogP contribution in [0, 0.1) is 0 Å². The normalized spacial score (nSPS) is 11.0. The fourth-order valence-electron chi connectivity index (χ4n) is 1.91. The van der Waals surface area contributed by atoms with Crippen LogP contribution in [-0.2, 0) is 11.3 Å². The van der Waals surface area contributed by atoms with Crippen molar-refractivity contribution in [2.45, 2.75) is 6.54 Å². The Morgan fingerprint density at radius 1 is 1.33 bits per heavy atom. The van der Waals surface area contributed by atoms with Gasteiger partial charge < -0.3 is 10.0 Å². The lowest BCUT2D eigenvalue weighted by Gasteiger charge is -2.21. The molecule has 1 aromatic carbocycles. The van der Waals surface area contributed by atoms with Gasteiger partial charge in [0.2, 0.25) is 0 Å². The molecule has 0 spiro atoms. The Hall–Kier alpha value is -1.49. The molecule has 0 unspecified atom stereocenters. The minimum Gasteiger partial charge on any atom is -0.478 e. The summed E-state index contributed by atoms with van der Waals surface area (Å²) in [6.07, 6.45) is 2.68. The van der Waals surface area contributed by atoms with E-state index in [1.807, 2.05) is 30.1 Å². The lowest BCUT2D eigenvalue weighted by molar-refractivity contribution is -0.131. The molecule has 110 valence electrons. The van der Waals surface area contributed by atoms with Gasteiger partial charge >= 0.3 is 5.97 Å². The van der Waals surface area contributed by atoms with Gasteiger partial charge in [-0.15, -0.1) is 11.3 Å². The van der Waals surface area contributed by atoms with Crippen LogP contribution in [-0.4, -0.2) is 18.1 Å². The van der Waals surface area contributed by atoms with Gasteiger partial charge in [0.25, 0.3) is 0 Å². The van der Waals surface area contributed by atoms with Crippen molar-refractivity contribution in [1.82, 2.24) is 0 Å². The van der Waals surface area contributed by atoms with E-state index in [2.05, 4.69) is 0 Å². The minimum atomic E-state index is -0.983. The van der Waals surface area contributed by atoms with Crippen LogP contribution in [0.1, 0.15) is 10.4 Å². The highest BCUT2D eigenvalue weighted by Gasteiger charge is 2.09. The molecule has 2 aromatic rings. The van der Waals surface area contributed by atoms with Crippen molar-refractivity contribution < 1.29 is 9.90 Å². The van der Waals surface area contributed by atoms with Crippen LogP contribution in [0.25, 0.3) is 6.08 Å². The van der Waals surface area contributed by atoms with E-state index in [-0.39, 0.29) is 0 Å². The third-order valence-corrected chi connectivity index (χ3v) is 4.28. The molecule has 0 atom stereocenters. The van der Waals surface area contributed by atoms with Gasteiger partial charge in [-0.05, 0) is 35.9 Å². The number of nitrogens with zero attached hydrogens (tertiary/aromatic N) is 1. The number of hydrogen-bond donors (Lipinski definition) is 1. The zero-order chi connectivity index (χ0) is 15.4. The Morgan fingerprint density at radius 2 is 2.10 bits per heavy atom. The number of thiophene rings is 1. The zero-order valence-electron chi connectivity index (χ0n) is 11.2. The highest BCUT2D eigenvalue weighted by atomic mass is 35.5. The summed E-state index contributed by atoms with van der Waals surface area (Å²) < 4.78 is 0.746. The summed E-state index contributed by atoms with van der Waals surface area (Å²) >= 11 is 13.5. The summed E-state index contributed by atoms with van der Waals surface area (Å²) in [4.78, 5) is 13.8. The summed E-state index contributed by atoms with van der Waals surface area (Å²) in [5, 5.41) is 9.36. The van der Waals surface area contributed by atoms with Crippen molar-refractivity contribution in [3.8, 4) is 0 Å². The van der Waals surface area contributed by atoms with E-state index in [0.29, 0.717) is 11.6 Å². The summed E-state index contributed by atoms with van der Waals surface area (Å²) in [6.45, 7) is 0.672. The standard InChI is InChI=1S/C15H13Cl2NO2S/c1-18(9-12-5-6-14(17)21-12)13-8-11(16)4-2-10(13)3-7-15(19)20/h2-8H,9H2,1H3,(H,19,20)/b7-3+. The smallest absolute Gasteiger partial charge is 0.328 e. The van der Waals surface area contributed by atoms with Crippen LogP contribution in [0.3, 0.4) is 0 Å². The number of hydrogen-bond acceptors (Lipinski definition) is 3. The fourth-order valence-corrected chi connectivity index (χ4v) is 3.21. The van der Waals surface area contributed by atoms with Gasteiger partial charge in [-0.25, -0.2) is 4.79 Å². The third-order valence-electron chi connectivity index (χ3n) is 2.83. The van der Waals surface area contributed by atoms with Crippen LogP contribution >= 0.6 is 34.5 Å². The molecule has 2 rings (SSSR count). The lowest BCUT2D eigenvalue weighted by atomic mass is 10.1. The molecule has 1 heterocycles. The zero-order valence-corrected chi connectivity index (χ0v) is 13.5. The number of rotatable bonds is 5. The average Bonchev–Trinajstić information content (AvgIpc) is 2.82. The van der Waals surface area contributed by atoms with Crippen LogP contribution in [0.2, 0.25) is 9.36 Å². The molecule has 0 radical (unpaired) electrons. The summed E-state index contributed by atoms with van der Waals surface area (Å²) in [7, 11) is 1.93. The second-order valence-corrected chi connectivity index (χ2v) is 6.67. The minimum absolute atomic E-state index is 0.605. The first kappa shape index (κ1) is 15.9. The summed E-state index contributed by atoms with van der Waals surface area (Å²) in [5.41, 5.74) is 1.66. The monoisotopic (exact) mass is 341 g/mol. The molecule has 0 amide bonds. The molecule has 1 aromatic heterocycles. The lowest BCUT2D eigenvalue weighted by Crippen LogP contribution is -2.16. The molecule has 0 aliphatic carbocycles. The number of halogens is 2. The molecule has 0 saturated carbocycles. The van der Waals surface area contributed by atoms with Crippen molar-refractivity contribution in [2.75, 3.05) is 11.9 Å². The number of carboxylic acids is 1. The molecule has 1 N–H and O–H groups in total. The molecule has 6 heteroatoms. The van der Waals surface area contributed by atoms with Gasteiger partial charge in [0.15, 0.2) is 0 Å². The average molecular weight is 342 g/mol. The first-order valence-corrected chi connectivity index (χ1v) is 7.69. The van der Waals surface area contributed by atoms with Crippen molar-refractivity contribution in [3.05, 3.63) is 56.2 Å². The van der Waals surface area contributed by atoms with Gasteiger partial charge in [0, 0.05) is 28.7 Å². The Balaban J connectivity index is 2.27. The number of aliphatic carboxylic acids is 1. The first-order chi connectivity index (χ1) is 9.95. The van der Waals surface area contributed by atoms with Crippen LogP contribution < -0.4 is 4.90 Å². The largest absolute Gasteiger partial charge is 0.478 e. The molecule has 0 fully saturated rings. The van der Waals surface area contributed by atoms with E-state index in [0.717, 1.165) is 26.5 Å². The Bertz CT molecular complexity index is 682. The van der Waals surface area contributed by atoms with Crippen LogP contribution in [0.4, 0.5) is 5.69 Å². The van der Waals surface area contributed by atoms with Gasteiger partial charge in [0.1, 0.15) is 0 Å². The van der Waals surface area contributed by atoms with Gasteiger partial charge in [-0.2, -0.15) is 0 Å². The van der Waals surface area contributed by atoms with Crippen molar-refractivity contribution in [1.29, 1.82) is 0 Å². The highest BCUT2D eigenvalue weighted by Crippen LogP contribution is 2.29. The quantitative estimate of drug-likeness (QED) is 0.795. The Labute approximate surface area is 137 Å². The molecule has 0 aliphatic heterocycles. The van der Waals surface area contributed by atoms with Gasteiger partial charge in [-0.3, -0.25) is 0 Å². The van der Waals surface area contributed by atoms with Gasteiger partial charge in [0.05, 0.1) is 10.9 Å². The van der Waals surface area contributed by atoms with Crippen LogP contribution in [0.5, 0.6) is 0 Å². The fraction of sp³-hybridized carbons (Fsp3) is 0.133. The SMILES string of the molecule is CN(Cc1ccc(Cl)s1)c1cc(Cl)ccc1/C=C/C(=O)O. The molecule has 0 bridgehead atoms. The Morgan fingerprint density at radius 3 is 2.71 bits per heavy atom. The topological polar surface area (TPSA) is 40.5 Å². The predicted molar refractivity (Wildman–Crippen MR) is 89.6 cm³/mol. The molecule has 3 nitrogen and oxygen atoms in total. The van der Waals surface area contributed by atoms with Crippen molar-refractivity contribution >= 4 is 52.3 Å². The third kappa shape index (κ3) is 4.49. The first-order valence-electron chi connectivity index (χ1n) is 6.11. The molecular formula is C15H13Cl2NO2S. The van der Waals surface area contributed by atoms with E-state index in [9.17, 15) is 4.79 Å². The van der Waals surface area contributed by atoms with Crippen molar-refractivity contribution in [3.63, 3.8) is 0 Å². The maximum Gasteiger partial charge on any atom is 0.328 e. The molecule has 0 aliphatic rings. The maximum absolute atomic E-state index is 10.7. The number of carbonyl (C=O) groups is 1.